The largest absolute Gasteiger partial charge is 0.368 e. The van der Waals surface area contributed by atoms with Crippen molar-refractivity contribution >= 4 is 5.91 Å². The maximum atomic E-state index is 14.6. The fraction of sp³-hybridized carbons (Fsp3) is 0.588. The lowest BCUT2D eigenvalue weighted by Gasteiger charge is -2.34. The smallest absolute Gasteiger partial charge is 0.266 e. The molecule has 0 aromatic rings. The van der Waals surface area contributed by atoms with Crippen molar-refractivity contribution in [1.82, 2.24) is 4.90 Å². The van der Waals surface area contributed by atoms with Gasteiger partial charge in [0.25, 0.3) is 6.48 Å². The molecule has 1 aliphatic carbocycles. The molecule has 1 atom stereocenters. The number of aliphatic hydroxyl groups excluding tert-OH is 1. The predicted molar refractivity (Wildman–Crippen MR) is 87.2 cm³/mol. The number of allylic oxidation sites excluding steroid dienone is 4. The Labute approximate surface area is 141 Å². The number of likely N-dealkylation sites (tertiary alicyclic amines) is 1. The maximum Gasteiger partial charge on any atom is 0.266 e. The van der Waals surface area contributed by atoms with Gasteiger partial charge in [-0.2, -0.15) is 0 Å². The molecular formula is C17H25FN2O4. The van der Waals surface area contributed by atoms with Gasteiger partial charge in [0, 0.05) is 12.1 Å². The fourth-order valence-corrected chi connectivity index (χ4v) is 3.11. The third-order valence-electron chi connectivity index (χ3n) is 4.36. The Bertz CT molecular complexity index is 543. The van der Waals surface area contributed by atoms with Crippen LogP contribution in [0.25, 0.3) is 0 Å². The quantitative estimate of drug-likeness (QED) is 0.630. The van der Waals surface area contributed by atoms with E-state index in [1.54, 1.807) is 6.08 Å². The molecular weight excluding hydrogens is 315 g/mol. The number of amides is 1. The zero-order valence-electron chi connectivity index (χ0n) is 13.7. The van der Waals surface area contributed by atoms with Crippen molar-refractivity contribution in [1.29, 1.82) is 0 Å². The molecule has 7 heteroatoms. The van der Waals surface area contributed by atoms with E-state index in [1.165, 1.54) is 6.08 Å². The van der Waals surface area contributed by atoms with Crippen molar-refractivity contribution in [2.75, 3.05) is 19.7 Å². The normalized spacial score (nSPS) is 29.7. The number of rotatable bonds is 6. The third-order valence-corrected chi connectivity index (χ3v) is 4.36. The number of halogens is 1. The van der Waals surface area contributed by atoms with E-state index in [2.05, 4.69) is 0 Å². The molecule has 1 aliphatic heterocycles. The molecule has 24 heavy (non-hydrogen) atoms. The number of hydrogen-bond donors (Lipinski definition) is 3. The number of carbonyl (C=O) groups excluding carboxylic acids is 1. The molecule has 0 radical (unpaired) electrons. The van der Waals surface area contributed by atoms with Crippen LogP contribution in [0.15, 0.2) is 35.2 Å². The highest BCUT2D eigenvalue weighted by Gasteiger charge is 2.29. The van der Waals surface area contributed by atoms with Gasteiger partial charge < -0.3 is 20.7 Å². The van der Waals surface area contributed by atoms with Crippen molar-refractivity contribution in [3.63, 3.8) is 0 Å². The highest BCUT2D eigenvalue weighted by atomic mass is 19.1. The summed E-state index contributed by atoms with van der Waals surface area (Å²) >= 11 is 0. The van der Waals surface area contributed by atoms with E-state index in [9.17, 15) is 9.18 Å². The molecule has 2 aliphatic rings. The minimum atomic E-state index is -1.91. The average molecular weight is 340 g/mol. The van der Waals surface area contributed by atoms with E-state index < -0.39 is 24.3 Å². The molecule has 0 aromatic carbocycles. The molecule has 0 spiro atoms. The van der Waals surface area contributed by atoms with Crippen molar-refractivity contribution in [3.8, 4) is 0 Å². The van der Waals surface area contributed by atoms with Gasteiger partial charge in [0.2, 0.25) is 5.91 Å². The standard InChI is InChI=1S/C17H25FN2O4/c18-14-7-3-1-2-6-12(11-24-17(22)23)13(14)10-20-9-5-4-8-15(20)16(19)21/h3,6-7,15,17,22-23H,1-2,4-5,8-11H2,(H2,19,21)/b7-3-,12-6-,14-13+. The lowest BCUT2D eigenvalue weighted by atomic mass is 9.96. The van der Waals surface area contributed by atoms with Crippen LogP contribution in [0.2, 0.25) is 0 Å². The maximum absolute atomic E-state index is 14.6. The molecule has 1 heterocycles. The van der Waals surface area contributed by atoms with E-state index in [0.29, 0.717) is 37.0 Å². The first-order chi connectivity index (χ1) is 11.5. The van der Waals surface area contributed by atoms with Crippen LogP contribution in [0, 0.1) is 0 Å². The van der Waals surface area contributed by atoms with Gasteiger partial charge in [-0.25, -0.2) is 4.39 Å². The van der Waals surface area contributed by atoms with Crippen LogP contribution < -0.4 is 5.73 Å². The van der Waals surface area contributed by atoms with Crippen molar-refractivity contribution in [3.05, 3.63) is 35.2 Å². The Balaban J connectivity index is 2.22. The summed E-state index contributed by atoms with van der Waals surface area (Å²) in [6, 6.07) is -0.404. The van der Waals surface area contributed by atoms with Gasteiger partial charge in [0.1, 0.15) is 5.83 Å². The molecule has 1 saturated heterocycles. The van der Waals surface area contributed by atoms with E-state index in [-0.39, 0.29) is 13.2 Å². The Morgan fingerprint density at radius 3 is 2.92 bits per heavy atom. The van der Waals surface area contributed by atoms with Gasteiger partial charge in [-0.15, -0.1) is 0 Å². The number of aliphatic hydroxyl groups is 2. The van der Waals surface area contributed by atoms with Crippen molar-refractivity contribution < 1.29 is 24.1 Å². The number of carbonyl (C=O) groups is 1. The van der Waals surface area contributed by atoms with Gasteiger partial charge in [0.15, 0.2) is 0 Å². The second-order valence-corrected chi connectivity index (χ2v) is 6.06. The van der Waals surface area contributed by atoms with Gasteiger partial charge in [-0.05, 0) is 43.9 Å². The van der Waals surface area contributed by atoms with Crippen LogP contribution in [0.5, 0.6) is 0 Å². The van der Waals surface area contributed by atoms with Gasteiger partial charge in [-0.3, -0.25) is 9.69 Å². The number of nitrogens with two attached hydrogens (primary N) is 1. The number of hydrogen-bond acceptors (Lipinski definition) is 5. The molecule has 6 nitrogen and oxygen atoms in total. The van der Waals surface area contributed by atoms with Crippen LogP contribution in [-0.4, -0.2) is 53.2 Å². The SMILES string of the molecule is NC(=O)C1CCCCN1CC1=C(F)/C=C\CC/C=C\1COC(O)O. The number of nitrogens with zero attached hydrogens (tertiary/aromatic N) is 1. The molecule has 1 amide bonds. The second-order valence-electron chi connectivity index (χ2n) is 6.06. The number of primary amides is 1. The fourth-order valence-electron chi connectivity index (χ4n) is 3.11. The molecule has 0 aromatic heterocycles. The van der Waals surface area contributed by atoms with Crippen LogP contribution >= 0.6 is 0 Å². The summed E-state index contributed by atoms with van der Waals surface area (Å²) in [4.78, 5) is 13.5. The van der Waals surface area contributed by atoms with E-state index in [0.717, 1.165) is 12.8 Å². The summed E-state index contributed by atoms with van der Waals surface area (Å²) in [6.45, 7) is -1.11. The van der Waals surface area contributed by atoms with Gasteiger partial charge in [-0.1, -0.05) is 18.6 Å². The first-order valence-electron chi connectivity index (χ1n) is 8.24. The Kier molecular flexibility index (Phi) is 7.11. The van der Waals surface area contributed by atoms with E-state index in [1.807, 2.05) is 11.0 Å². The lowest BCUT2D eigenvalue weighted by Crippen LogP contribution is -2.48. The monoisotopic (exact) mass is 340 g/mol. The number of piperidine rings is 1. The molecule has 134 valence electrons. The molecule has 0 saturated carbocycles. The van der Waals surface area contributed by atoms with E-state index in [4.69, 9.17) is 20.7 Å². The third kappa shape index (κ3) is 5.24. The number of ether oxygens (including phenoxy) is 1. The topological polar surface area (TPSA) is 96.0 Å². The van der Waals surface area contributed by atoms with Gasteiger partial charge in [0.05, 0.1) is 12.6 Å². The van der Waals surface area contributed by atoms with E-state index >= 15 is 0 Å². The Morgan fingerprint density at radius 2 is 2.21 bits per heavy atom. The first-order valence-corrected chi connectivity index (χ1v) is 8.24. The molecule has 1 fully saturated rings. The minimum Gasteiger partial charge on any atom is -0.368 e. The average Bonchev–Trinajstić information content (AvgIpc) is 2.53. The van der Waals surface area contributed by atoms with Crippen molar-refractivity contribution in [2.45, 2.75) is 44.6 Å². The van der Waals surface area contributed by atoms with Crippen LogP contribution in [-0.2, 0) is 9.53 Å². The summed E-state index contributed by atoms with van der Waals surface area (Å²) in [5.74, 6) is -0.796. The van der Waals surface area contributed by atoms with Crippen LogP contribution in [0.4, 0.5) is 4.39 Å². The van der Waals surface area contributed by atoms with Gasteiger partial charge >= 0.3 is 0 Å². The van der Waals surface area contributed by atoms with Crippen molar-refractivity contribution in [2.24, 2.45) is 5.73 Å². The highest BCUT2D eigenvalue weighted by molar-refractivity contribution is 5.80. The highest BCUT2D eigenvalue weighted by Crippen LogP contribution is 2.26. The zero-order chi connectivity index (χ0) is 17.5. The minimum absolute atomic E-state index is 0.108. The second kappa shape index (κ2) is 9.08. The Morgan fingerprint density at radius 1 is 1.42 bits per heavy atom. The summed E-state index contributed by atoms with van der Waals surface area (Å²) < 4.78 is 19.4. The predicted octanol–water partition coefficient (Wildman–Crippen LogP) is 1.11. The summed E-state index contributed by atoms with van der Waals surface area (Å²) in [7, 11) is 0. The van der Waals surface area contributed by atoms with Crippen LogP contribution in [0.3, 0.4) is 0 Å². The first kappa shape index (κ1) is 18.8. The zero-order valence-corrected chi connectivity index (χ0v) is 13.7. The molecule has 0 bridgehead atoms. The summed E-state index contributed by atoms with van der Waals surface area (Å²) in [5, 5.41) is 17.8. The molecule has 1 unspecified atom stereocenters. The molecule has 2 rings (SSSR count). The lowest BCUT2D eigenvalue weighted by molar-refractivity contribution is -0.228. The summed E-state index contributed by atoms with van der Waals surface area (Å²) in [5.41, 5.74) is 6.45. The summed E-state index contributed by atoms with van der Waals surface area (Å²) in [6.07, 6.45) is 8.93. The molecule has 4 N–H and O–H groups in total. The van der Waals surface area contributed by atoms with Crippen LogP contribution in [0.1, 0.15) is 32.1 Å². The Hall–Kier alpha value is -1.54.